The van der Waals surface area contributed by atoms with Crippen LogP contribution in [0, 0.1) is 11.3 Å². The summed E-state index contributed by atoms with van der Waals surface area (Å²) >= 11 is 4.50. The molecule has 1 unspecified atom stereocenters. The second-order valence-electron chi connectivity index (χ2n) is 5.61. The molecule has 0 bridgehead atoms. The molecule has 2 nitrogen and oxygen atoms in total. The number of thiol groups is 1. The summed E-state index contributed by atoms with van der Waals surface area (Å²) in [6.45, 7) is 8.52. The first-order valence-corrected chi connectivity index (χ1v) is 7.58. The van der Waals surface area contributed by atoms with Crippen LogP contribution in [0.25, 0.3) is 0 Å². The topological polar surface area (TPSA) is 20.3 Å². The SMILES string of the molecule is CCC(CC)(CS)CN1CCC(C)CCC1=O. The molecule has 1 saturated heterocycles. The molecule has 0 spiro atoms. The average Bonchev–Trinajstić information content (AvgIpc) is 2.51. The van der Waals surface area contributed by atoms with Crippen molar-refractivity contribution in [1.82, 2.24) is 4.90 Å². The predicted molar refractivity (Wildman–Crippen MR) is 76.5 cm³/mol. The summed E-state index contributed by atoms with van der Waals surface area (Å²) < 4.78 is 0. The molecule has 1 rings (SSSR count). The number of nitrogens with zero attached hydrogens (tertiary/aromatic N) is 1. The standard InChI is InChI=1S/C14H27NOS/c1-4-14(5-2,11-17)10-15-9-8-12(3)6-7-13(15)16/h12,17H,4-11H2,1-3H3. The summed E-state index contributed by atoms with van der Waals surface area (Å²) in [4.78, 5) is 14.2. The molecule has 0 radical (unpaired) electrons. The van der Waals surface area contributed by atoms with Crippen LogP contribution in [0.5, 0.6) is 0 Å². The lowest BCUT2D eigenvalue weighted by atomic mass is 9.83. The number of hydrogen-bond donors (Lipinski definition) is 1. The molecule has 0 aromatic carbocycles. The average molecular weight is 257 g/mol. The number of likely N-dealkylation sites (tertiary alicyclic amines) is 1. The Hall–Kier alpha value is -0.180. The molecule has 0 aromatic rings. The molecule has 1 amide bonds. The Morgan fingerprint density at radius 3 is 2.53 bits per heavy atom. The minimum atomic E-state index is 0.215. The monoisotopic (exact) mass is 257 g/mol. The van der Waals surface area contributed by atoms with Gasteiger partial charge in [-0.2, -0.15) is 12.6 Å². The fourth-order valence-electron chi connectivity index (χ4n) is 2.49. The zero-order valence-corrected chi connectivity index (χ0v) is 12.4. The minimum Gasteiger partial charge on any atom is -0.342 e. The van der Waals surface area contributed by atoms with Gasteiger partial charge in [0.2, 0.25) is 5.91 Å². The summed E-state index contributed by atoms with van der Waals surface area (Å²) in [6.07, 6.45) is 5.15. The van der Waals surface area contributed by atoms with Gasteiger partial charge in [-0.25, -0.2) is 0 Å². The number of amides is 1. The van der Waals surface area contributed by atoms with Gasteiger partial charge in [0.1, 0.15) is 0 Å². The highest BCUT2D eigenvalue weighted by atomic mass is 32.1. The molecule has 1 fully saturated rings. The van der Waals surface area contributed by atoms with E-state index >= 15 is 0 Å². The largest absolute Gasteiger partial charge is 0.342 e. The van der Waals surface area contributed by atoms with Gasteiger partial charge in [-0.3, -0.25) is 4.79 Å². The highest BCUT2D eigenvalue weighted by Crippen LogP contribution is 2.30. The minimum absolute atomic E-state index is 0.215. The maximum atomic E-state index is 12.1. The smallest absolute Gasteiger partial charge is 0.222 e. The molecule has 100 valence electrons. The zero-order valence-electron chi connectivity index (χ0n) is 11.5. The van der Waals surface area contributed by atoms with E-state index in [9.17, 15) is 4.79 Å². The lowest BCUT2D eigenvalue weighted by molar-refractivity contribution is -0.132. The second-order valence-corrected chi connectivity index (χ2v) is 5.93. The van der Waals surface area contributed by atoms with Crippen molar-refractivity contribution >= 4 is 18.5 Å². The van der Waals surface area contributed by atoms with Gasteiger partial charge in [0, 0.05) is 19.5 Å². The van der Waals surface area contributed by atoms with Gasteiger partial charge in [-0.1, -0.05) is 20.8 Å². The van der Waals surface area contributed by atoms with Crippen molar-refractivity contribution in [3.05, 3.63) is 0 Å². The van der Waals surface area contributed by atoms with Crippen molar-refractivity contribution in [2.75, 3.05) is 18.8 Å². The summed E-state index contributed by atoms with van der Waals surface area (Å²) in [6, 6.07) is 0. The summed E-state index contributed by atoms with van der Waals surface area (Å²) in [5.74, 6) is 1.92. The molecule has 3 heteroatoms. The van der Waals surface area contributed by atoms with E-state index in [1.807, 2.05) is 0 Å². The van der Waals surface area contributed by atoms with Crippen LogP contribution in [0.3, 0.4) is 0 Å². The number of hydrogen-bond acceptors (Lipinski definition) is 2. The first-order valence-electron chi connectivity index (χ1n) is 6.95. The van der Waals surface area contributed by atoms with Crippen molar-refractivity contribution < 1.29 is 4.79 Å². The zero-order chi connectivity index (χ0) is 12.9. The number of rotatable bonds is 5. The van der Waals surface area contributed by atoms with Crippen molar-refractivity contribution in [2.45, 2.75) is 52.9 Å². The van der Waals surface area contributed by atoms with Crippen LogP contribution in [0.15, 0.2) is 0 Å². The summed E-state index contributed by atoms with van der Waals surface area (Å²) in [7, 11) is 0. The molecule has 17 heavy (non-hydrogen) atoms. The van der Waals surface area contributed by atoms with Crippen LogP contribution in [0.4, 0.5) is 0 Å². The highest BCUT2D eigenvalue weighted by molar-refractivity contribution is 7.80. The van der Waals surface area contributed by atoms with Gasteiger partial charge in [0.15, 0.2) is 0 Å². The summed E-state index contributed by atoms with van der Waals surface area (Å²) in [5.41, 5.74) is 0.215. The first kappa shape index (κ1) is 14.9. The Morgan fingerprint density at radius 1 is 1.35 bits per heavy atom. The van der Waals surface area contributed by atoms with Gasteiger partial charge < -0.3 is 4.90 Å². The number of carbonyl (C=O) groups excluding carboxylic acids is 1. The van der Waals surface area contributed by atoms with Gasteiger partial charge in [0.25, 0.3) is 0 Å². The van der Waals surface area contributed by atoms with Crippen molar-refractivity contribution in [1.29, 1.82) is 0 Å². The van der Waals surface area contributed by atoms with Crippen LogP contribution >= 0.6 is 12.6 Å². The molecule has 1 aliphatic heterocycles. The molecule has 1 aliphatic rings. The van der Waals surface area contributed by atoms with Gasteiger partial charge >= 0.3 is 0 Å². The van der Waals surface area contributed by atoms with E-state index in [0.29, 0.717) is 11.8 Å². The molecule has 0 saturated carbocycles. The van der Waals surface area contributed by atoms with E-state index in [1.54, 1.807) is 0 Å². The van der Waals surface area contributed by atoms with E-state index in [-0.39, 0.29) is 5.41 Å². The Balaban J connectivity index is 2.67. The van der Waals surface area contributed by atoms with Crippen LogP contribution in [-0.2, 0) is 4.79 Å². The Kier molecular flexibility index (Phi) is 5.84. The third-order valence-electron chi connectivity index (χ3n) is 4.46. The van der Waals surface area contributed by atoms with E-state index < -0.39 is 0 Å². The maximum Gasteiger partial charge on any atom is 0.222 e. The fraction of sp³-hybridized carbons (Fsp3) is 0.929. The van der Waals surface area contributed by atoms with E-state index in [1.165, 1.54) is 0 Å². The van der Waals surface area contributed by atoms with E-state index in [4.69, 9.17) is 0 Å². The van der Waals surface area contributed by atoms with Crippen LogP contribution in [-0.4, -0.2) is 29.6 Å². The highest BCUT2D eigenvalue weighted by Gasteiger charge is 2.30. The second kappa shape index (κ2) is 6.67. The molecule has 0 aliphatic carbocycles. The molecule has 1 heterocycles. The number of carbonyl (C=O) groups is 1. The molecular formula is C14H27NOS. The molecule has 1 atom stereocenters. The van der Waals surface area contributed by atoms with Crippen molar-refractivity contribution in [2.24, 2.45) is 11.3 Å². The lowest BCUT2D eigenvalue weighted by Crippen LogP contribution is -2.41. The van der Waals surface area contributed by atoms with Crippen LogP contribution in [0.1, 0.15) is 52.9 Å². The Labute approximate surface area is 112 Å². The normalized spacial score (nSPS) is 22.7. The molecular weight excluding hydrogens is 230 g/mol. The lowest BCUT2D eigenvalue weighted by Gasteiger charge is -2.36. The Morgan fingerprint density at radius 2 is 2.00 bits per heavy atom. The van der Waals surface area contributed by atoms with Gasteiger partial charge in [-0.15, -0.1) is 0 Å². The van der Waals surface area contributed by atoms with E-state index in [2.05, 4.69) is 38.3 Å². The van der Waals surface area contributed by atoms with Gasteiger partial charge in [-0.05, 0) is 42.8 Å². The molecule has 0 N–H and O–H groups in total. The predicted octanol–water partition coefficient (Wildman–Crippen LogP) is 3.37. The summed E-state index contributed by atoms with van der Waals surface area (Å²) in [5, 5.41) is 0. The van der Waals surface area contributed by atoms with Crippen molar-refractivity contribution in [3.8, 4) is 0 Å². The maximum absolute atomic E-state index is 12.1. The van der Waals surface area contributed by atoms with Crippen LogP contribution in [0.2, 0.25) is 0 Å². The van der Waals surface area contributed by atoms with Crippen LogP contribution < -0.4 is 0 Å². The first-order chi connectivity index (χ1) is 8.06. The molecule has 0 aromatic heterocycles. The van der Waals surface area contributed by atoms with E-state index in [0.717, 1.165) is 50.9 Å². The Bertz CT molecular complexity index is 242. The van der Waals surface area contributed by atoms with Crippen molar-refractivity contribution in [3.63, 3.8) is 0 Å². The van der Waals surface area contributed by atoms with Gasteiger partial charge in [0.05, 0.1) is 0 Å². The quantitative estimate of drug-likeness (QED) is 0.749. The fourth-order valence-corrected chi connectivity index (χ4v) is 3.04. The third kappa shape index (κ3) is 3.90. The third-order valence-corrected chi connectivity index (χ3v) is 5.13.